The van der Waals surface area contributed by atoms with Crippen LogP contribution in [0.3, 0.4) is 0 Å². The predicted octanol–water partition coefficient (Wildman–Crippen LogP) is 2.77. The molecule has 1 atom stereocenters. The molecular formula is C16H24N2O. The van der Waals surface area contributed by atoms with Gasteiger partial charge < -0.3 is 5.11 Å². The molecule has 0 amide bonds. The summed E-state index contributed by atoms with van der Waals surface area (Å²) in [6, 6.07) is 11.9. The van der Waals surface area contributed by atoms with Crippen LogP contribution in [0.25, 0.3) is 0 Å². The van der Waals surface area contributed by atoms with Crippen LogP contribution in [0.2, 0.25) is 0 Å². The molecule has 0 saturated heterocycles. The van der Waals surface area contributed by atoms with Gasteiger partial charge in [0.2, 0.25) is 0 Å². The molecule has 3 heteroatoms. The maximum absolute atomic E-state index is 10.6. The summed E-state index contributed by atoms with van der Waals surface area (Å²) in [5.74, 6) is 0.519. The molecule has 0 radical (unpaired) electrons. The van der Waals surface area contributed by atoms with Gasteiger partial charge in [0.05, 0.1) is 11.7 Å². The Morgan fingerprint density at radius 2 is 1.95 bits per heavy atom. The highest BCUT2D eigenvalue weighted by Crippen LogP contribution is 2.22. The van der Waals surface area contributed by atoms with Crippen molar-refractivity contribution in [2.75, 3.05) is 19.6 Å². The molecule has 1 N–H and O–H groups in total. The molecule has 0 bridgehead atoms. The molecule has 1 rings (SSSR count). The molecule has 0 saturated carbocycles. The minimum absolute atomic E-state index is 0.498. The van der Waals surface area contributed by atoms with Crippen molar-refractivity contribution in [1.82, 2.24) is 4.90 Å². The fourth-order valence-corrected chi connectivity index (χ4v) is 2.28. The molecule has 0 aliphatic heterocycles. The highest BCUT2D eigenvalue weighted by atomic mass is 16.3. The molecule has 0 fully saturated rings. The Bertz CT molecular complexity index is 407. The van der Waals surface area contributed by atoms with Crippen molar-refractivity contribution in [2.45, 2.75) is 32.8 Å². The first-order chi connectivity index (χ1) is 8.95. The topological polar surface area (TPSA) is 47.3 Å². The monoisotopic (exact) mass is 260 g/mol. The number of benzene rings is 1. The summed E-state index contributed by atoms with van der Waals surface area (Å²) < 4.78 is 0. The predicted molar refractivity (Wildman–Crippen MR) is 77.5 cm³/mol. The van der Waals surface area contributed by atoms with E-state index in [1.165, 1.54) is 0 Å². The van der Waals surface area contributed by atoms with Crippen LogP contribution >= 0.6 is 0 Å². The van der Waals surface area contributed by atoms with Crippen LogP contribution < -0.4 is 0 Å². The van der Waals surface area contributed by atoms with E-state index in [0.29, 0.717) is 25.4 Å². The van der Waals surface area contributed by atoms with Crippen LogP contribution in [0.4, 0.5) is 0 Å². The van der Waals surface area contributed by atoms with Gasteiger partial charge >= 0.3 is 0 Å². The van der Waals surface area contributed by atoms with Crippen LogP contribution in [0.5, 0.6) is 0 Å². The van der Waals surface area contributed by atoms with E-state index in [9.17, 15) is 5.11 Å². The highest BCUT2D eigenvalue weighted by Gasteiger charge is 2.26. The first-order valence-corrected chi connectivity index (χ1v) is 6.83. The minimum Gasteiger partial charge on any atom is -0.384 e. The maximum Gasteiger partial charge on any atom is 0.0994 e. The number of nitrogens with zero attached hydrogens (tertiary/aromatic N) is 2. The largest absolute Gasteiger partial charge is 0.384 e. The zero-order chi connectivity index (χ0) is 14.3. The molecule has 19 heavy (non-hydrogen) atoms. The molecule has 0 aromatic heterocycles. The van der Waals surface area contributed by atoms with Crippen molar-refractivity contribution < 1.29 is 5.11 Å². The van der Waals surface area contributed by atoms with Gasteiger partial charge in [0, 0.05) is 26.1 Å². The van der Waals surface area contributed by atoms with Crippen LogP contribution in [0.15, 0.2) is 30.3 Å². The first kappa shape index (κ1) is 15.7. The standard InChI is InChI=1S/C16H24N2O/c1-14(2)12-18(11-7-10-17)13-16(3,19)15-8-5-4-6-9-15/h4-6,8-9,14,19H,7,11-13H2,1-3H3. The normalized spacial score (nSPS) is 14.4. The van der Waals surface area contributed by atoms with Crippen LogP contribution in [-0.4, -0.2) is 29.6 Å². The van der Waals surface area contributed by atoms with Gasteiger partial charge in [0.25, 0.3) is 0 Å². The summed E-state index contributed by atoms with van der Waals surface area (Å²) in [5, 5.41) is 19.4. The summed E-state index contributed by atoms with van der Waals surface area (Å²) >= 11 is 0. The minimum atomic E-state index is -0.883. The number of rotatable bonds is 7. The summed E-state index contributed by atoms with van der Waals surface area (Å²) in [6.45, 7) is 8.29. The summed E-state index contributed by atoms with van der Waals surface area (Å²) in [7, 11) is 0. The van der Waals surface area contributed by atoms with Gasteiger partial charge in [-0.05, 0) is 18.4 Å². The van der Waals surface area contributed by atoms with E-state index in [1.54, 1.807) is 0 Å². The Morgan fingerprint density at radius 1 is 1.32 bits per heavy atom. The Morgan fingerprint density at radius 3 is 2.47 bits per heavy atom. The van der Waals surface area contributed by atoms with Crippen LogP contribution in [0.1, 0.15) is 32.8 Å². The first-order valence-electron chi connectivity index (χ1n) is 6.83. The van der Waals surface area contributed by atoms with Crippen molar-refractivity contribution in [3.63, 3.8) is 0 Å². The smallest absolute Gasteiger partial charge is 0.0994 e. The summed E-state index contributed by atoms with van der Waals surface area (Å²) in [4.78, 5) is 2.17. The fraction of sp³-hybridized carbons (Fsp3) is 0.562. The van der Waals surface area contributed by atoms with Gasteiger partial charge in [0.1, 0.15) is 0 Å². The zero-order valence-corrected chi connectivity index (χ0v) is 12.1. The van der Waals surface area contributed by atoms with Crippen molar-refractivity contribution >= 4 is 0 Å². The Labute approximate surface area is 116 Å². The highest BCUT2D eigenvalue weighted by molar-refractivity contribution is 5.21. The third-order valence-electron chi connectivity index (χ3n) is 3.09. The lowest BCUT2D eigenvalue weighted by Crippen LogP contribution is -2.41. The molecule has 1 aromatic rings. The number of hydrogen-bond donors (Lipinski definition) is 1. The second kappa shape index (κ2) is 7.28. The lowest BCUT2D eigenvalue weighted by Gasteiger charge is -2.32. The Hall–Kier alpha value is -1.37. The third kappa shape index (κ3) is 5.42. The quantitative estimate of drug-likeness (QED) is 0.820. The molecule has 0 aliphatic carbocycles. The Kier molecular flexibility index (Phi) is 6.01. The molecule has 1 aromatic carbocycles. The fourth-order valence-electron chi connectivity index (χ4n) is 2.28. The average Bonchev–Trinajstić information content (AvgIpc) is 2.36. The van der Waals surface area contributed by atoms with E-state index in [-0.39, 0.29) is 0 Å². The van der Waals surface area contributed by atoms with E-state index in [2.05, 4.69) is 24.8 Å². The molecule has 0 aliphatic rings. The summed E-state index contributed by atoms with van der Waals surface area (Å²) in [5.41, 5.74) is 0.0340. The SMILES string of the molecule is CC(C)CN(CCC#N)CC(C)(O)c1ccccc1. The molecule has 0 spiro atoms. The number of nitriles is 1. The zero-order valence-electron chi connectivity index (χ0n) is 12.1. The maximum atomic E-state index is 10.6. The van der Waals surface area contributed by atoms with Crippen molar-refractivity contribution in [3.05, 3.63) is 35.9 Å². The van der Waals surface area contributed by atoms with E-state index >= 15 is 0 Å². The van der Waals surface area contributed by atoms with Crippen molar-refractivity contribution in [3.8, 4) is 6.07 Å². The lowest BCUT2D eigenvalue weighted by molar-refractivity contribution is 0.0132. The van der Waals surface area contributed by atoms with Gasteiger partial charge in [-0.15, -0.1) is 0 Å². The lowest BCUT2D eigenvalue weighted by atomic mass is 9.95. The van der Waals surface area contributed by atoms with E-state index in [4.69, 9.17) is 5.26 Å². The molecule has 104 valence electrons. The Balaban J connectivity index is 2.73. The van der Waals surface area contributed by atoms with Crippen molar-refractivity contribution in [2.24, 2.45) is 5.92 Å². The van der Waals surface area contributed by atoms with E-state index in [1.807, 2.05) is 37.3 Å². The molecule has 1 unspecified atom stereocenters. The number of hydrogen-bond acceptors (Lipinski definition) is 3. The van der Waals surface area contributed by atoms with Crippen molar-refractivity contribution in [1.29, 1.82) is 5.26 Å². The third-order valence-corrected chi connectivity index (χ3v) is 3.09. The van der Waals surface area contributed by atoms with Gasteiger partial charge in [0.15, 0.2) is 0 Å². The van der Waals surface area contributed by atoms with Gasteiger partial charge in [-0.25, -0.2) is 0 Å². The molecular weight excluding hydrogens is 236 g/mol. The summed E-state index contributed by atoms with van der Waals surface area (Å²) in [6.07, 6.45) is 0.498. The molecule has 3 nitrogen and oxygen atoms in total. The number of aliphatic hydroxyl groups is 1. The van der Waals surface area contributed by atoms with Gasteiger partial charge in [-0.3, -0.25) is 4.90 Å². The molecule has 0 heterocycles. The van der Waals surface area contributed by atoms with Gasteiger partial charge in [-0.1, -0.05) is 44.2 Å². The van der Waals surface area contributed by atoms with E-state index in [0.717, 1.165) is 12.1 Å². The van der Waals surface area contributed by atoms with Crippen LogP contribution in [0, 0.1) is 17.2 Å². The van der Waals surface area contributed by atoms with Crippen LogP contribution in [-0.2, 0) is 5.60 Å². The second-order valence-electron chi connectivity index (χ2n) is 5.68. The second-order valence-corrected chi connectivity index (χ2v) is 5.68. The van der Waals surface area contributed by atoms with Gasteiger partial charge in [-0.2, -0.15) is 5.26 Å². The van der Waals surface area contributed by atoms with E-state index < -0.39 is 5.60 Å². The average molecular weight is 260 g/mol.